The number of aryl methyl sites for hydroxylation is 1. The molecule has 0 spiro atoms. The summed E-state index contributed by atoms with van der Waals surface area (Å²) in [6, 6.07) is 16.5. The SMILES string of the molecule is Cc1ccc(-c2ccccc2C=NN)cc1. The minimum Gasteiger partial charge on any atom is -0.323 e. The van der Waals surface area contributed by atoms with Crippen LogP contribution in [0.3, 0.4) is 0 Å². The third-order valence-electron chi connectivity index (χ3n) is 2.54. The molecule has 0 amide bonds. The molecule has 16 heavy (non-hydrogen) atoms. The highest BCUT2D eigenvalue weighted by Crippen LogP contribution is 2.22. The van der Waals surface area contributed by atoms with Gasteiger partial charge in [0, 0.05) is 5.56 Å². The lowest BCUT2D eigenvalue weighted by atomic mass is 9.99. The summed E-state index contributed by atoms with van der Waals surface area (Å²) in [6.07, 6.45) is 1.68. The van der Waals surface area contributed by atoms with Crippen LogP contribution in [0.2, 0.25) is 0 Å². The van der Waals surface area contributed by atoms with Gasteiger partial charge >= 0.3 is 0 Å². The van der Waals surface area contributed by atoms with E-state index in [-0.39, 0.29) is 0 Å². The summed E-state index contributed by atoms with van der Waals surface area (Å²) in [7, 11) is 0. The maximum atomic E-state index is 5.20. The summed E-state index contributed by atoms with van der Waals surface area (Å²) in [5, 5.41) is 3.58. The van der Waals surface area contributed by atoms with Crippen molar-refractivity contribution in [3.63, 3.8) is 0 Å². The van der Waals surface area contributed by atoms with E-state index in [9.17, 15) is 0 Å². The monoisotopic (exact) mass is 210 g/mol. The number of hydrogen-bond acceptors (Lipinski definition) is 2. The molecule has 0 fully saturated rings. The van der Waals surface area contributed by atoms with Crippen molar-refractivity contribution in [1.29, 1.82) is 0 Å². The molecule has 2 nitrogen and oxygen atoms in total. The van der Waals surface area contributed by atoms with E-state index < -0.39 is 0 Å². The topological polar surface area (TPSA) is 38.4 Å². The van der Waals surface area contributed by atoms with E-state index in [2.05, 4.69) is 42.4 Å². The minimum absolute atomic E-state index is 1.04. The Balaban J connectivity index is 2.51. The Hall–Kier alpha value is -2.09. The maximum absolute atomic E-state index is 5.20. The maximum Gasteiger partial charge on any atom is 0.0544 e. The molecule has 2 N–H and O–H groups in total. The molecule has 0 unspecified atom stereocenters. The van der Waals surface area contributed by atoms with Crippen molar-refractivity contribution >= 4 is 6.21 Å². The third-order valence-corrected chi connectivity index (χ3v) is 2.54. The molecule has 0 aromatic heterocycles. The Bertz CT molecular complexity index is 498. The lowest BCUT2D eigenvalue weighted by Gasteiger charge is -2.05. The summed E-state index contributed by atoms with van der Waals surface area (Å²) >= 11 is 0. The first-order valence-corrected chi connectivity index (χ1v) is 5.20. The summed E-state index contributed by atoms with van der Waals surface area (Å²) in [6.45, 7) is 2.08. The zero-order valence-electron chi connectivity index (χ0n) is 9.22. The predicted molar refractivity (Wildman–Crippen MR) is 68.4 cm³/mol. The van der Waals surface area contributed by atoms with Gasteiger partial charge in [0.2, 0.25) is 0 Å². The van der Waals surface area contributed by atoms with Crippen LogP contribution in [-0.2, 0) is 0 Å². The molecule has 2 heteroatoms. The molecular weight excluding hydrogens is 196 g/mol. The highest BCUT2D eigenvalue weighted by Gasteiger charge is 2.01. The van der Waals surface area contributed by atoms with Gasteiger partial charge < -0.3 is 5.84 Å². The Morgan fingerprint density at radius 1 is 1.00 bits per heavy atom. The second-order valence-electron chi connectivity index (χ2n) is 3.73. The van der Waals surface area contributed by atoms with E-state index >= 15 is 0 Å². The number of benzene rings is 2. The highest BCUT2D eigenvalue weighted by molar-refractivity contribution is 5.90. The summed E-state index contributed by atoms with van der Waals surface area (Å²) < 4.78 is 0. The summed E-state index contributed by atoms with van der Waals surface area (Å²) in [5.41, 5.74) is 4.63. The molecule has 2 aromatic carbocycles. The van der Waals surface area contributed by atoms with Crippen LogP contribution in [0.25, 0.3) is 11.1 Å². The van der Waals surface area contributed by atoms with Crippen LogP contribution in [0.5, 0.6) is 0 Å². The predicted octanol–water partition coefficient (Wildman–Crippen LogP) is 2.95. The number of rotatable bonds is 2. The number of nitrogens with zero attached hydrogens (tertiary/aromatic N) is 1. The molecule has 80 valence electrons. The fourth-order valence-corrected chi connectivity index (χ4v) is 1.69. The summed E-state index contributed by atoms with van der Waals surface area (Å²) in [5.74, 6) is 5.20. The third kappa shape index (κ3) is 2.11. The average molecular weight is 210 g/mol. The normalized spacial score (nSPS) is 10.8. The second-order valence-corrected chi connectivity index (χ2v) is 3.73. The Morgan fingerprint density at radius 2 is 1.69 bits per heavy atom. The van der Waals surface area contributed by atoms with E-state index in [1.54, 1.807) is 6.21 Å². The van der Waals surface area contributed by atoms with Crippen molar-refractivity contribution in [2.24, 2.45) is 10.9 Å². The molecular formula is C14H14N2. The quantitative estimate of drug-likeness (QED) is 0.462. The Labute approximate surface area is 95.4 Å². The van der Waals surface area contributed by atoms with Crippen LogP contribution in [0.4, 0.5) is 0 Å². The van der Waals surface area contributed by atoms with Gasteiger partial charge in [-0.15, -0.1) is 0 Å². The van der Waals surface area contributed by atoms with Gasteiger partial charge in [0.1, 0.15) is 0 Å². The van der Waals surface area contributed by atoms with E-state index in [1.807, 2.05) is 18.2 Å². The van der Waals surface area contributed by atoms with Gasteiger partial charge in [-0.1, -0.05) is 54.1 Å². The molecule has 2 rings (SSSR count). The van der Waals surface area contributed by atoms with E-state index in [0.29, 0.717) is 0 Å². The fourth-order valence-electron chi connectivity index (χ4n) is 1.69. The van der Waals surface area contributed by atoms with Crippen LogP contribution in [0.1, 0.15) is 11.1 Å². The number of hydrogen-bond donors (Lipinski definition) is 1. The van der Waals surface area contributed by atoms with Crippen molar-refractivity contribution in [3.8, 4) is 11.1 Å². The van der Waals surface area contributed by atoms with Crippen molar-refractivity contribution < 1.29 is 0 Å². The molecule has 0 radical (unpaired) electrons. The molecule has 0 heterocycles. The molecule has 0 atom stereocenters. The largest absolute Gasteiger partial charge is 0.323 e. The van der Waals surface area contributed by atoms with Gasteiger partial charge in [0.15, 0.2) is 0 Å². The molecule has 0 aliphatic rings. The van der Waals surface area contributed by atoms with Crippen LogP contribution in [0, 0.1) is 6.92 Å². The Morgan fingerprint density at radius 3 is 2.38 bits per heavy atom. The smallest absolute Gasteiger partial charge is 0.0544 e. The molecule has 0 aliphatic heterocycles. The molecule has 0 aliphatic carbocycles. The lowest BCUT2D eigenvalue weighted by molar-refractivity contribution is 1.26. The Kier molecular flexibility index (Phi) is 3.01. The lowest BCUT2D eigenvalue weighted by Crippen LogP contribution is -1.90. The second kappa shape index (κ2) is 4.62. The number of hydrazone groups is 1. The molecule has 0 saturated heterocycles. The minimum atomic E-state index is 1.04. The van der Waals surface area contributed by atoms with E-state index in [0.717, 1.165) is 11.1 Å². The first kappa shape index (κ1) is 10.4. The first-order chi connectivity index (χ1) is 7.81. The van der Waals surface area contributed by atoms with Gasteiger partial charge in [-0.3, -0.25) is 0 Å². The molecule has 2 aromatic rings. The molecule has 0 bridgehead atoms. The zero-order chi connectivity index (χ0) is 11.4. The highest BCUT2D eigenvalue weighted by atomic mass is 15.1. The van der Waals surface area contributed by atoms with Crippen molar-refractivity contribution in [2.75, 3.05) is 0 Å². The van der Waals surface area contributed by atoms with Gasteiger partial charge in [0.05, 0.1) is 6.21 Å². The van der Waals surface area contributed by atoms with Crippen LogP contribution < -0.4 is 5.84 Å². The van der Waals surface area contributed by atoms with Gasteiger partial charge in [-0.25, -0.2) is 0 Å². The van der Waals surface area contributed by atoms with Crippen molar-refractivity contribution in [3.05, 3.63) is 59.7 Å². The number of nitrogens with two attached hydrogens (primary N) is 1. The van der Waals surface area contributed by atoms with Gasteiger partial charge in [0.25, 0.3) is 0 Å². The molecule has 0 saturated carbocycles. The summed E-state index contributed by atoms with van der Waals surface area (Å²) in [4.78, 5) is 0. The fraction of sp³-hybridized carbons (Fsp3) is 0.0714. The first-order valence-electron chi connectivity index (χ1n) is 5.20. The van der Waals surface area contributed by atoms with Gasteiger partial charge in [-0.05, 0) is 18.1 Å². The van der Waals surface area contributed by atoms with Gasteiger partial charge in [-0.2, -0.15) is 5.10 Å². The van der Waals surface area contributed by atoms with Crippen molar-refractivity contribution in [2.45, 2.75) is 6.92 Å². The van der Waals surface area contributed by atoms with Crippen LogP contribution in [-0.4, -0.2) is 6.21 Å². The average Bonchev–Trinajstić information content (AvgIpc) is 2.32. The van der Waals surface area contributed by atoms with E-state index in [1.165, 1.54) is 11.1 Å². The zero-order valence-corrected chi connectivity index (χ0v) is 9.22. The van der Waals surface area contributed by atoms with Crippen molar-refractivity contribution in [1.82, 2.24) is 0 Å². The van der Waals surface area contributed by atoms with E-state index in [4.69, 9.17) is 5.84 Å². The van der Waals surface area contributed by atoms with Crippen LogP contribution in [0.15, 0.2) is 53.6 Å². The standard InChI is InChI=1S/C14H14N2/c1-11-6-8-12(9-7-11)14-5-3-2-4-13(14)10-16-15/h2-10H,15H2,1H3. The van der Waals surface area contributed by atoms with Crippen LogP contribution >= 0.6 is 0 Å².